The second kappa shape index (κ2) is 10.6. The number of aliphatic imine (C=N–C) groups is 1. The van der Waals surface area contributed by atoms with Gasteiger partial charge in [0.25, 0.3) is 0 Å². The molecule has 29 heavy (non-hydrogen) atoms. The summed E-state index contributed by atoms with van der Waals surface area (Å²) in [5.74, 6) is 1.18. The van der Waals surface area contributed by atoms with Gasteiger partial charge in [0.2, 0.25) is 5.91 Å². The second-order valence-corrected chi connectivity index (χ2v) is 8.08. The summed E-state index contributed by atoms with van der Waals surface area (Å²) < 4.78 is 13.7. The van der Waals surface area contributed by atoms with Crippen molar-refractivity contribution in [1.82, 2.24) is 20.4 Å². The molecule has 0 unspecified atom stereocenters. The highest BCUT2D eigenvalue weighted by molar-refractivity contribution is 5.79. The minimum Gasteiger partial charge on any atom is -0.355 e. The molecule has 1 aliphatic carbocycles. The summed E-state index contributed by atoms with van der Waals surface area (Å²) >= 11 is 0. The first-order valence-electron chi connectivity index (χ1n) is 10.8. The predicted molar refractivity (Wildman–Crippen MR) is 114 cm³/mol. The predicted octanol–water partition coefficient (Wildman–Crippen LogP) is 2.13. The van der Waals surface area contributed by atoms with Crippen molar-refractivity contribution in [2.45, 2.75) is 39.2 Å². The molecule has 0 radical (unpaired) electrons. The molecule has 0 spiro atoms. The fourth-order valence-electron chi connectivity index (χ4n) is 4.11. The molecule has 2 aliphatic rings. The zero-order valence-electron chi connectivity index (χ0n) is 17.7. The van der Waals surface area contributed by atoms with Crippen molar-refractivity contribution < 1.29 is 9.18 Å². The normalized spacial score (nSPS) is 18.9. The smallest absolute Gasteiger partial charge is 0.225 e. The molecular formula is C22H34FN5O. The quantitative estimate of drug-likeness (QED) is 0.564. The monoisotopic (exact) mass is 403 g/mol. The Labute approximate surface area is 173 Å². The molecule has 2 fully saturated rings. The van der Waals surface area contributed by atoms with E-state index in [0.29, 0.717) is 24.0 Å². The Bertz CT molecular complexity index is 709. The summed E-state index contributed by atoms with van der Waals surface area (Å²) in [4.78, 5) is 21.2. The number of rotatable bonds is 6. The van der Waals surface area contributed by atoms with Gasteiger partial charge in [0.1, 0.15) is 5.82 Å². The van der Waals surface area contributed by atoms with E-state index in [9.17, 15) is 9.18 Å². The van der Waals surface area contributed by atoms with Crippen molar-refractivity contribution in [1.29, 1.82) is 0 Å². The molecule has 0 aromatic heterocycles. The van der Waals surface area contributed by atoms with Gasteiger partial charge >= 0.3 is 0 Å². The highest BCUT2D eigenvalue weighted by Crippen LogP contribution is 2.26. The summed E-state index contributed by atoms with van der Waals surface area (Å²) in [6.07, 6.45) is 4.56. The van der Waals surface area contributed by atoms with Gasteiger partial charge in [-0.15, -0.1) is 0 Å². The standard InChI is InChI=1S/C22H34FN5O/c1-17-7-8-18(15-20(17)23)16-26-22(24-2)25-9-10-27-11-13-28(14-12-27)21(29)19-5-3-4-6-19/h7-8,15,19H,3-6,9-14,16H2,1-2H3,(H2,24,25,26). The number of hydrogen-bond donors (Lipinski definition) is 2. The summed E-state index contributed by atoms with van der Waals surface area (Å²) in [5.41, 5.74) is 1.54. The molecule has 6 nitrogen and oxygen atoms in total. The Kier molecular flexibility index (Phi) is 7.86. The van der Waals surface area contributed by atoms with Gasteiger partial charge in [-0.25, -0.2) is 4.39 Å². The Hall–Kier alpha value is -2.15. The van der Waals surface area contributed by atoms with E-state index in [-0.39, 0.29) is 11.7 Å². The summed E-state index contributed by atoms with van der Waals surface area (Å²) in [5, 5.41) is 6.54. The van der Waals surface area contributed by atoms with Crippen molar-refractivity contribution in [3.05, 3.63) is 35.1 Å². The van der Waals surface area contributed by atoms with Crippen LogP contribution in [0.25, 0.3) is 0 Å². The fraction of sp³-hybridized carbons (Fsp3) is 0.636. The second-order valence-electron chi connectivity index (χ2n) is 8.08. The summed E-state index contributed by atoms with van der Waals surface area (Å²) in [7, 11) is 1.73. The van der Waals surface area contributed by atoms with Gasteiger partial charge in [0, 0.05) is 58.8 Å². The number of carbonyl (C=O) groups excluding carboxylic acids is 1. The number of nitrogens with one attached hydrogen (secondary N) is 2. The highest BCUT2D eigenvalue weighted by atomic mass is 19.1. The van der Waals surface area contributed by atoms with E-state index < -0.39 is 0 Å². The first-order valence-corrected chi connectivity index (χ1v) is 10.8. The average Bonchev–Trinajstić information content (AvgIpc) is 3.28. The first kappa shape index (κ1) is 21.6. The molecule has 0 atom stereocenters. The number of hydrogen-bond acceptors (Lipinski definition) is 3. The van der Waals surface area contributed by atoms with Crippen LogP contribution in [-0.4, -0.2) is 68.0 Å². The third kappa shape index (κ3) is 6.16. The third-order valence-electron chi connectivity index (χ3n) is 6.03. The number of carbonyl (C=O) groups is 1. The molecule has 1 amide bonds. The molecule has 1 saturated heterocycles. The van der Waals surface area contributed by atoms with E-state index in [1.165, 1.54) is 12.8 Å². The van der Waals surface area contributed by atoms with E-state index in [0.717, 1.165) is 57.7 Å². The lowest BCUT2D eigenvalue weighted by atomic mass is 10.1. The zero-order chi connectivity index (χ0) is 20.6. The van der Waals surface area contributed by atoms with Crippen LogP contribution in [0.5, 0.6) is 0 Å². The van der Waals surface area contributed by atoms with Crippen molar-refractivity contribution in [3.8, 4) is 0 Å². The van der Waals surface area contributed by atoms with E-state index in [1.807, 2.05) is 6.07 Å². The van der Waals surface area contributed by atoms with Crippen molar-refractivity contribution >= 4 is 11.9 Å². The molecule has 1 saturated carbocycles. The van der Waals surface area contributed by atoms with Crippen molar-refractivity contribution in [3.63, 3.8) is 0 Å². The number of aryl methyl sites for hydroxylation is 1. The minimum atomic E-state index is -0.183. The van der Waals surface area contributed by atoms with E-state index in [2.05, 4.69) is 25.4 Å². The van der Waals surface area contributed by atoms with Crippen LogP contribution in [0.15, 0.2) is 23.2 Å². The summed E-state index contributed by atoms with van der Waals surface area (Å²) in [6.45, 7) is 7.49. The van der Waals surface area contributed by atoms with Gasteiger partial charge in [-0.2, -0.15) is 0 Å². The molecule has 0 bridgehead atoms. The van der Waals surface area contributed by atoms with Crippen LogP contribution in [0.2, 0.25) is 0 Å². The maximum Gasteiger partial charge on any atom is 0.225 e. The topological polar surface area (TPSA) is 60.0 Å². The van der Waals surface area contributed by atoms with E-state index >= 15 is 0 Å². The van der Waals surface area contributed by atoms with Crippen LogP contribution in [0.1, 0.15) is 36.8 Å². The van der Waals surface area contributed by atoms with Crippen LogP contribution < -0.4 is 10.6 Å². The van der Waals surface area contributed by atoms with E-state index in [1.54, 1.807) is 26.1 Å². The summed E-state index contributed by atoms with van der Waals surface area (Å²) in [6, 6.07) is 5.27. The molecule has 1 aromatic carbocycles. The zero-order valence-corrected chi connectivity index (χ0v) is 17.7. The van der Waals surface area contributed by atoms with Gasteiger partial charge in [-0.05, 0) is 37.0 Å². The number of guanidine groups is 1. The molecule has 1 aliphatic heterocycles. The van der Waals surface area contributed by atoms with Crippen LogP contribution in [0, 0.1) is 18.7 Å². The number of nitrogens with zero attached hydrogens (tertiary/aromatic N) is 3. The number of halogens is 1. The van der Waals surface area contributed by atoms with Crippen molar-refractivity contribution in [2.75, 3.05) is 46.3 Å². The SMILES string of the molecule is CN=C(NCCN1CCN(C(=O)C2CCCC2)CC1)NCc1ccc(C)c(F)c1. The molecule has 2 N–H and O–H groups in total. The van der Waals surface area contributed by atoms with Gasteiger partial charge in [0.05, 0.1) is 0 Å². The van der Waals surface area contributed by atoms with Crippen LogP contribution >= 0.6 is 0 Å². The maximum absolute atomic E-state index is 13.7. The Balaban J connectivity index is 1.33. The van der Waals surface area contributed by atoms with Gasteiger partial charge in [0.15, 0.2) is 5.96 Å². The van der Waals surface area contributed by atoms with E-state index in [4.69, 9.17) is 0 Å². The molecule has 1 aromatic rings. The molecular weight excluding hydrogens is 369 g/mol. The van der Waals surface area contributed by atoms with Crippen molar-refractivity contribution in [2.24, 2.45) is 10.9 Å². The number of amides is 1. The van der Waals surface area contributed by atoms with Gasteiger partial charge < -0.3 is 15.5 Å². The fourth-order valence-corrected chi connectivity index (χ4v) is 4.11. The molecule has 1 heterocycles. The molecule has 7 heteroatoms. The lowest BCUT2D eigenvalue weighted by Gasteiger charge is -2.36. The van der Waals surface area contributed by atoms with Gasteiger partial charge in [-0.1, -0.05) is 25.0 Å². The first-order chi connectivity index (χ1) is 14.1. The van der Waals surface area contributed by atoms with Crippen LogP contribution in [0.4, 0.5) is 4.39 Å². The third-order valence-corrected chi connectivity index (χ3v) is 6.03. The molecule has 3 rings (SSSR count). The maximum atomic E-state index is 13.7. The molecule has 160 valence electrons. The Morgan fingerprint density at radius 2 is 1.90 bits per heavy atom. The number of piperazine rings is 1. The van der Waals surface area contributed by atoms with Crippen LogP contribution in [-0.2, 0) is 11.3 Å². The Morgan fingerprint density at radius 1 is 1.17 bits per heavy atom. The van der Waals surface area contributed by atoms with Crippen LogP contribution in [0.3, 0.4) is 0 Å². The lowest BCUT2D eigenvalue weighted by Crippen LogP contribution is -2.51. The highest BCUT2D eigenvalue weighted by Gasteiger charge is 2.29. The Morgan fingerprint density at radius 3 is 2.55 bits per heavy atom. The largest absolute Gasteiger partial charge is 0.355 e. The van der Waals surface area contributed by atoms with Gasteiger partial charge in [-0.3, -0.25) is 14.7 Å². The number of benzene rings is 1. The lowest BCUT2D eigenvalue weighted by molar-refractivity contribution is -0.137. The minimum absolute atomic E-state index is 0.183. The average molecular weight is 404 g/mol.